The maximum absolute atomic E-state index is 10.4. The van der Waals surface area contributed by atoms with E-state index in [1.807, 2.05) is 0 Å². The lowest BCUT2D eigenvalue weighted by Crippen LogP contribution is -2.32. The Balaban J connectivity index is 2.69. The van der Waals surface area contributed by atoms with Crippen molar-refractivity contribution in [3.8, 4) is 0 Å². The van der Waals surface area contributed by atoms with Crippen LogP contribution in [-0.4, -0.2) is 22.1 Å². The molecule has 3 N–H and O–H groups in total. The summed E-state index contributed by atoms with van der Waals surface area (Å²) in [6.45, 7) is 0. The molecule has 0 unspecified atom stereocenters. The molecule has 0 radical (unpaired) electrons. The molecule has 0 fully saturated rings. The van der Waals surface area contributed by atoms with Gasteiger partial charge in [-0.2, -0.15) is 0 Å². The van der Waals surface area contributed by atoms with E-state index in [-0.39, 0.29) is 0 Å². The molecule has 5 heteroatoms. The molecule has 4 nitrogen and oxygen atoms in total. The average Bonchev–Trinajstić information content (AvgIpc) is 2.04. The number of rotatable bonds is 3. The van der Waals surface area contributed by atoms with E-state index in [1.165, 1.54) is 0 Å². The van der Waals surface area contributed by atoms with Gasteiger partial charge in [-0.3, -0.25) is 4.79 Å². The number of halogens is 1. The summed E-state index contributed by atoms with van der Waals surface area (Å²) in [5.74, 6) is -0.993. The molecule has 1 rings (SSSR count). The van der Waals surface area contributed by atoms with Crippen LogP contribution in [-0.2, 0) is 11.2 Å². The third-order valence-corrected chi connectivity index (χ3v) is 2.00. The summed E-state index contributed by atoms with van der Waals surface area (Å²) in [7, 11) is 0. The fourth-order valence-corrected chi connectivity index (χ4v) is 1.32. The monoisotopic (exact) mass is 244 g/mol. The molecular weight excluding hydrogens is 236 g/mol. The van der Waals surface area contributed by atoms with E-state index in [0.717, 1.165) is 5.56 Å². The van der Waals surface area contributed by atoms with Crippen LogP contribution in [0.1, 0.15) is 5.56 Å². The van der Waals surface area contributed by atoms with E-state index in [9.17, 15) is 4.79 Å². The van der Waals surface area contributed by atoms with Crippen molar-refractivity contribution in [1.82, 2.24) is 4.98 Å². The molecule has 0 saturated carbocycles. The van der Waals surface area contributed by atoms with Crippen molar-refractivity contribution in [2.45, 2.75) is 12.5 Å². The van der Waals surface area contributed by atoms with Crippen LogP contribution in [0.2, 0.25) is 0 Å². The Labute approximate surface area is 83.9 Å². The average molecular weight is 245 g/mol. The van der Waals surface area contributed by atoms with Crippen LogP contribution >= 0.6 is 15.9 Å². The maximum atomic E-state index is 10.4. The number of carbonyl (C=O) groups is 1. The molecule has 0 saturated heterocycles. The lowest BCUT2D eigenvalue weighted by molar-refractivity contribution is -0.138. The molecule has 1 aromatic rings. The number of carboxylic acids is 1. The summed E-state index contributed by atoms with van der Waals surface area (Å²) in [5, 5.41) is 8.56. The highest BCUT2D eigenvalue weighted by molar-refractivity contribution is 9.10. The number of aliphatic carboxylic acids is 1. The van der Waals surface area contributed by atoms with Crippen molar-refractivity contribution >= 4 is 21.9 Å². The van der Waals surface area contributed by atoms with Gasteiger partial charge in [0.2, 0.25) is 0 Å². The topological polar surface area (TPSA) is 76.2 Å². The lowest BCUT2D eigenvalue weighted by Gasteiger charge is -2.05. The highest BCUT2D eigenvalue weighted by atomic mass is 79.9. The molecule has 0 aliphatic carbocycles. The number of hydrogen-bond acceptors (Lipinski definition) is 3. The summed E-state index contributed by atoms with van der Waals surface area (Å²) in [5.41, 5.74) is 6.22. The van der Waals surface area contributed by atoms with Crippen molar-refractivity contribution in [3.05, 3.63) is 28.5 Å². The Bertz CT molecular complexity index is 317. The van der Waals surface area contributed by atoms with Gasteiger partial charge in [0.05, 0.1) is 0 Å². The molecule has 1 atom stereocenters. The van der Waals surface area contributed by atoms with Gasteiger partial charge in [0, 0.05) is 6.20 Å². The standard InChI is InChI=1S/C8H9BrN2O2/c9-7-4-5(1-2-11-7)3-6(10)8(12)13/h1-2,4,6H,3,10H2,(H,12,13)/t6-/m1/s1. The fraction of sp³-hybridized carbons (Fsp3) is 0.250. The highest BCUT2D eigenvalue weighted by Crippen LogP contribution is 2.09. The molecule has 13 heavy (non-hydrogen) atoms. The maximum Gasteiger partial charge on any atom is 0.320 e. The number of pyridine rings is 1. The minimum Gasteiger partial charge on any atom is -0.480 e. The molecule has 0 spiro atoms. The van der Waals surface area contributed by atoms with E-state index in [1.54, 1.807) is 18.3 Å². The van der Waals surface area contributed by atoms with Crippen molar-refractivity contribution in [1.29, 1.82) is 0 Å². The lowest BCUT2D eigenvalue weighted by atomic mass is 10.1. The predicted octanol–water partition coefficient (Wildman–Crippen LogP) is 0.798. The second kappa shape index (κ2) is 4.34. The fourth-order valence-electron chi connectivity index (χ4n) is 0.911. The third kappa shape index (κ3) is 3.12. The van der Waals surface area contributed by atoms with E-state index in [2.05, 4.69) is 20.9 Å². The smallest absolute Gasteiger partial charge is 0.320 e. The second-order valence-corrected chi connectivity index (χ2v) is 3.45. The van der Waals surface area contributed by atoms with Gasteiger partial charge in [0.15, 0.2) is 0 Å². The van der Waals surface area contributed by atoms with Crippen LogP contribution in [0, 0.1) is 0 Å². The highest BCUT2D eigenvalue weighted by Gasteiger charge is 2.11. The molecule has 70 valence electrons. The summed E-state index contributed by atoms with van der Waals surface area (Å²) >= 11 is 3.19. The quantitative estimate of drug-likeness (QED) is 0.772. The van der Waals surface area contributed by atoms with Crippen LogP contribution in [0.4, 0.5) is 0 Å². The molecule has 0 amide bonds. The van der Waals surface area contributed by atoms with Gasteiger partial charge in [-0.05, 0) is 40.0 Å². The predicted molar refractivity (Wildman–Crippen MR) is 51.3 cm³/mol. The Kier molecular flexibility index (Phi) is 3.39. The van der Waals surface area contributed by atoms with Crippen LogP contribution in [0.25, 0.3) is 0 Å². The second-order valence-electron chi connectivity index (χ2n) is 2.64. The summed E-state index contributed by atoms with van der Waals surface area (Å²) < 4.78 is 0.683. The number of nitrogens with two attached hydrogens (primary N) is 1. The van der Waals surface area contributed by atoms with Crippen molar-refractivity contribution in [2.24, 2.45) is 5.73 Å². The summed E-state index contributed by atoms with van der Waals surface area (Å²) in [6.07, 6.45) is 1.92. The number of aromatic nitrogens is 1. The zero-order valence-electron chi connectivity index (χ0n) is 6.77. The van der Waals surface area contributed by atoms with Crippen molar-refractivity contribution in [2.75, 3.05) is 0 Å². The molecular formula is C8H9BrN2O2. The number of hydrogen-bond donors (Lipinski definition) is 2. The number of carboxylic acid groups (broad SMARTS) is 1. The van der Waals surface area contributed by atoms with Crippen LogP contribution in [0.5, 0.6) is 0 Å². The Morgan fingerprint density at radius 1 is 1.77 bits per heavy atom. The Morgan fingerprint density at radius 3 is 3.00 bits per heavy atom. The number of nitrogens with zero attached hydrogens (tertiary/aromatic N) is 1. The summed E-state index contributed by atoms with van der Waals surface area (Å²) in [4.78, 5) is 14.4. The first-order valence-corrected chi connectivity index (χ1v) is 4.47. The third-order valence-electron chi connectivity index (χ3n) is 1.56. The largest absolute Gasteiger partial charge is 0.480 e. The molecule has 1 aromatic heterocycles. The van der Waals surface area contributed by atoms with Crippen LogP contribution in [0.3, 0.4) is 0 Å². The normalized spacial score (nSPS) is 12.5. The van der Waals surface area contributed by atoms with Crippen LogP contribution < -0.4 is 5.73 Å². The summed E-state index contributed by atoms with van der Waals surface area (Å²) in [6, 6.07) is 2.64. The van der Waals surface area contributed by atoms with Gasteiger partial charge in [-0.1, -0.05) is 0 Å². The van der Waals surface area contributed by atoms with Gasteiger partial charge < -0.3 is 10.8 Å². The van der Waals surface area contributed by atoms with Gasteiger partial charge in [0.25, 0.3) is 0 Å². The van der Waals surface area contributed by atoms with E-state index < -0.39 is 12.0 Å². The van der Waals surface area contributed by atoms with Crippen molar-refractivity contribution < 1.29 is 9.90 Å². The molecule has 1 heterocycles. The van der Waals surface area contributed by atoms with Gasteiger partial charge in [-0.25, -0.2) is 4.98 Å². The Hall–Kier alpha value is -0.940. The van der Waals surface area contributed by atoms with Gasteiger partial charge in [-0.15, -0.1) is 0 Å². The van der Waals surface area contributed by atoms with Gasteiger partial charge in [0.1, 0.15) is 10.6 Å². The minimum atomic E-state index is -0.993. The van der Waals surface area contributed by atoms with E-state index >= 15 is 0 Å². The SMILES string of the molecule is N[C@H](Cc1ccnc(Br)c1)C(=O)O. The zero-order valence-corrected chi connectivity index (χ0v) is 8.36. The van der Waals surface area contributed by atoms with Crippen molar-refractivity contribution in [3.63, 3.8) is 0 Å². The minimum absolute atomic E-state index is 0.316. The first-order valence-electron chi connectivity index (χ1n) is 3.68. The first kappa shape index (κ1) is 10.1. The molecule has 0 aromatic carbocycles. The Morgan fingerprint density at radius 2 is 2.46 bits per heavy atom. The molecule has 0 aliphatic rings. The van der Waals surface area contributed by atoms with Crippen LogP contribution in [0.15, 0.2) is 22.9 Å². The van der Waals surface area contributed by atoms with Gasteiger partial charge >= 0.3 is 5.97 Å². The molecule has 0 bridgehead atoms. The van der Waals surface area contributed by atoms with E-state index in [4.69, 9.17) is 10.8 Å². The first-order chi connectivity index (χ1) is 6.09. The molecule has 0 aliphatic heterocycles. The zero-order chi connectivity index (χ0) is 9.84. The van der Waals surface area contributed by atoms with E-state index in [0.29, 0.717) is 11.0 Å².